The Morgan fingerprint density at radius 3 is 2.70 bits per heavy atom. The summed E-state index contributed by atoms with van der Waals surface area (Å²) in [5, 5.41) is 14.4. The molecule has 0 spiro atoms. The minimum absolute atomic E-state index is 0.107. The van der Waals surface area contributed by atoms with E-state index in [1.54, 1.807) is 12.1 Å². The lowest BCUT2D eigenvalue weighted by Crippen LogP contribution is -2.13. The van der Waals surface area contributed by atoms with Crippen molar-refractivity contribution in [3.05, 3.63) is 54.6 Å². The van der Waals surface area contributed by atoms with Gasteiger partial charge in [-0.15, -0.1) is 5.10 Å². The number of alkyl halides is 2. The molecule has 0 aliphatic carbocycles. The van der Waals surface area contributed by atoms with Gasteiger partial charge < -0.3 is 5.32 Å². The molecule has 0 saturated heterocycles. The summed E-state index contributed by atoms with van der Waals surface area (Å²) < 4.78 is 25.6. The van der Waals surface area contributed by atoms with Crippen LogP contribution in [0.1, 0.15) is 10.5 Å². The van der Waals surface area contributed by atoms with Crippen LogP contribution in [0.2, 0.25) is 0 Å². The van der Waals surface area contributed by atoms with Crippen molar-refractivity contribution in [3.8, 4) is 5.69 Å². The second-order valence-electron chi connectivity index (χ2n) is 4.65. The number of carbonyl (C=O) groups is 1. The zero-order chi connectivity index (χ0) is 16.2. The number of rotatable bonds is 5. The van der Waals surface area contributed by atoms with Gasteiger partial charge in [-0.25, -0.2) is 8.78 Å². The van der Waals surface area contributed by atoms with Gasteiger partial charge in [-0.1, -0.05) is 18.2 Å². The molecule has 118 valence electrons. The molecule has 9 heteroatoms. The highest BCUT2D eigenvalue weighted by Crippen LogP contribution is 2.09. The van der Waals surface area contributed by atoms with Crippen LogP contribution in [0.5, 0.6) is 0 Å². The zero-order valence-electron chi connectivity index (χ0n) is 11.8. The predicted molar refractivity (Wildman–Crippen MR) is 77.5 cm³/mol. The Bertz CT molecular complexity index is 798. The topological polar surface area (TPSA) is 77.6 Å². The molecular formula is C14H12F2N6O. The summed E-state index contributed by atoms with van der Waals surface area (Å²) in [6.45, 7) is -0.528. The maximum atomic E-state index is 12.3. The van der Waals surface area contributed by atoms with Crippen molar-refractivity contribution in [1.29, 1.82) is 0 Å². The molecule has 0 aliphatic rings. The highest BCUT2D eigenvalue weighted by molar-refractivity contribution is 6.02. The van der Waals surface area contributed by atoms with E-state index in [0.717, 1.165) is 10.4 Å². The normalized spacial score (nSPS) is 10.9. The fourth-order valence-corrected chi connectivity index (χ4v) is 1.92. The van der Waals surface area contributed by atoms with E-state index in [4.69, 9.17) is 0 Å². The van der Waals surface area contributed by atoms with E-state index in [0.29, 0.717) is 5.69 Å². The highest BCUT2D eigenvalue weighted by atomic mass is 19.3. The molecule has 1 aromatic carbocycles. The van der Waals surface area contributed by atoms with Crippen LogP contribution in [-0.2, 0) is 6.54 Å². The first-order valence-corrected chi connectivity index (χ1v) is 6.71. The van der Waals surface area contributed by atoms with Crippen LogP contribution in [0.3, 0.4) is 0 Å². The first-order valence-electron chi connectivity index (χ1n) is 6.71. The molecule has 1 amide bonds. The van der Waals surface area contributed by atoms with Crippen LogP contribution in [0.25, 0.3) is 5.69 Å². The summed E-state index contributed by atoms with van der Waals surface area (Å²) in [7, 11) is 0. The van der Waals surface area contributed by atoms with E-state index in [1.165, 1.54) is 23.4 Å². The van der Waals surface area contributed by atoms with E-state index < -0.39 is 18.9 Å². The third-order valence-corrected chi connectivity index (χ3v) is 2.93. The molecule has 2 heterocycles. The van der Waals surface area contributed by atoms with Crippen molar-refractivity contribution in [2.24, 2.45) is 0 Å². The standard InChI is InChI=1S/C14H12F2N6O/c15-13(16)9-21-8-10(6-17-21)19-14(23)12-7-18-22(20-12)11-4-2-1-3-5-11/h1-8,13H,9H2,(H,19,23). The number of halogens is 2. The lowest BCUT2D eigenvalue weighted by atomic mass is 10.3. The minimum atomic E-state index is -2.51. The minimum Gasteiger partial charge on any atom is -0.318 e. The average molecular weight is 318 g/mol. The van der Waals surface area contributed by atoms with Crippen molar-refractivity contribution in [2.45, 2.75) is 13.0 Å². The monoisotopic (exact) mass is 318 g/mol. The van der Waals surface area contributed by atoms with Gasteiger partial charge in [0.25, 0.3) is 12.3 Å². The summed E-state index contributed by atoms with van der Waals surface area (Å²) in [6.07, 6.45) is 1.43. The van der Waals surface area contributed by atoms with Gasteiger partial charge in [-0.05, 0) is 12.1 Å². The van der Waals surface area contributed by atoms with E-state index in [1.807, 2.05) is 18.2 Å². The fraction of sp³-hybridized carbons (Fsp3) is 0.143. The van der Waals surface area contributed by atoms with Crippen LogP contribution in [0, 0.1) is 0 Å². The largest absolute Gasteiger partial charge is 0.318 e. The second kappa shape index (κ2) is 6.34. The van der Waals surface area contributed by atoms with Crippen molar-refractivity contribution >= 4 is 11.6 Å². The Kier molecular flexibility index (Phi) is 4.09. The van der Waals surface area contributed by atoms with Crippen molar-refractivity contribution in [2.75, 3.05) is 5.32 Å². The molecule has 0 bridgehead atoms. The molecular weight excluding hydrogens is 306 g/mol. The number of hydrogen-bond donors (Lipinski definition) is 1. The van der Waals surface area contributed by atoms with E-state index in [9.17, 15) is 13.6 Å². The van der Waals surface area contributed by atoms with Gasteiger partial charge in [0.2, 0.25) is 0 Å². The Hall–Kier alpha value is -3.10. The van der Waals surface area contributed by atoms with Gasteiger partial charge >= 0.3 is 0 Å². The van der Waals surface area contributed by atoms with Crippen LogP contribution < -0.4 is 5.32 Å². The smallest absolute Gasteiger partial charge is 0.277 e. The Labute approximate surface area is 129 Å². The van der Waals surface area contributed by atoms with Crippen LogP contribution in [-0.4, -0.2) is 37.1 Å². The van der Waals surface area contributed by atoms with Crippen LogP contribution >= 0.6 is 0 Å². The summed E-state index contributed by atoms with van der Waals surface area (Å²) >= 11 is 0. The van der Waals surface area contributed by atoms with Crippen molar-refractivity contribution in [3.63, 3.8) is 0 Å². The van der Waals surface area contributed by atoms with Crippen molar-refractivity contribution < 1.29 is 13.6 Å². The lowest BCUT2D eigenvalue weighted by Gasteiger charge is -2.00. The molecule has 3 aromatic rings. The predicted octanol–water partition coefficient (Wildman–Crippen LogP) is 1.98. The van der Waals surface area contributed by atoms with Gasteiger partial charge in [-0.2, -0.15) is 15.0 Å². The number of carbonyl (C=O) groups excluding carboxylic acids is 1. The van der Waals surface area contributed by atoms with E-state index in [2.05, 4.69) is 20.6 Å². The molecule has 0 radical (unpaired) electrons. The third-order valence-electron chi connectivity index (χ3n) is 2.93. The summed E-state index contributed by atoms with van der Waals surface area (Å²) in [5.74, 6) is -0.497. The maximum Gasteiger partial charge on any atom is 0.277 e. The number of para-hydroxylation sites is 1. The Balaban J connectivity index is 1.69. The first-order chi connectivity index (χ1) is 11.1. The number of nitrogens with zero attached hydrogens (tertiary/aromatic N) is 5. The first kappa shape index (κ1) is 14.8. The lowest BCUT2D eigenvalue weighted by molar-refractivity contribution is 0.102. The van der Waals surface area contributed by atoms with Gasteiger partial charge in [0.05, 0.1) is 23.8 Å². The SMILES string of the molecule is O=C(Nc1cnn(CC(F)F)c1)c1cnn(-c2ccccc2)n1. The zero-order valence-corrected chi connectivity index (χ0v) is 11.8. The van der Waals surface area contributed by atoms with Gasteiger partial charge in [0.15, 0.2) is 5.69 Å². The number of aromatic nitrogens is 5. The number of nitrogens with one attached hydrogen (secondary N) is 1. The van der Waals surface area contributed by atoms with Crippen LogP contribution in [0.4, 0.5) is 14.5 Å². The maximum absolute atomic E-state index is 12.3. The highest BCUT2D eigenvalue weighted by Gasteiger charge is 2.13. The average Bonchev–Trinajstić information content (AvgIpc) is 3.17. The van der Waals surface area contributed by atoms with E-state index >= 15 is 0 Å². The third kappa shape index (κ3) is 3.57. The molecule has 3 rings (SSSR count). The molecule has 0 atom stereocenters. The van der Waals surface area contributed by atoms with E-state index in [-0.39, 0.29) is 5.69 Å². The molecule has 0 saturated carbocycles. The summed E-state index contributed by atoms with van der Waals surface area (Å²) in [6, 6.07) is 9.12. The molecule has 1 N–H and O–H groups in total. The molecule has 2 aromatic heterocycles. The second-order valence-corrected chi connectivity index (χ2v) is 4.65. The van der Waals surface area contributed by atoms with Gasteiger partial charge in [0, 0.05) is 6.20 Å². The number of benzene rings is 1. The summed E-state index contributed by atoms with van der Waals surface area (Å²) in [5.41, 5.74) is 1.14. The Morgan fingerprint density at radius 1 is 1.17 bits per heavy atom. The number of hydrogen-bond acceptors (Lipinski definition) is 4. The van der Waals surface area contributed by atoms with Crippen LogP contribution in [0.15, 0.2) is 48.9 Å². The van der Waals surface area contributed by atoms with Gasteiger partial charge in [0.1, 0.15) is 6.54 Å². The van der Waals surface area contributed by atoms with Crippen molar-refractivity contribution in [1.82, 2.24) is 24.8 Å². The fourth-order valence-electron chi connectivity index (χ4n) is 1.92. The molecule has 0 unspecified atom stereocenters. The Morgan fingerprint density at radius 2 is 1.96 bits per heavy atom. The quantitative estimate of drug-likeness (QED) is 0.780. The molecule has 0 fully saturated rings. The summed E-state index contributed by atoms with van der Waals surface area (Å²) in [4.78, 5) is 13.4. The molecule has 7 nitrogen and oxygen atoms in total. The number of anilines is 1. The number of amides is 1. The molecule has 23 heavy (non-hydrogen) atoms. The van der Waals surface area contributed by atoms with Gasteiger partial charge in [-0.3, -0.25) is 9.48 Å². The molecule has 0 aliphatic heterocycles.